The van der Waals surface area contributed by atoms with Crippen LogP contribution in [0.5, 0.6) is 0 Å². The molecule has 1 aliphatic heterocycles. The summed E-state index contributed by atoms with van der Waals surface area (Å²) in [6, 6.07) is 5.37. The SMILES string of the molecule is Cc1cc(NC(=O)CN2C(=O)NC(C)(C3CC3)C2=O)n(-c2cccc(C(F)(F)F)c2)n1. The highest BCUT2D eigenvalue weighted by Gasteiger charge is 2.56. The third-order valence-electron chi connectivity index (χ3n) is 5.51. The molecule has 0 bridgehead atoms. The van der Waals surface area contributed by atoms with E-state index in [-0.39, 0.29) is 17.4 Å². The molecule has 0 radical (unpaired) electrons. The lowest BCUT2D eigenvalue weighted by Crippen LogP contribution is -2.46. The van der Waals surface area contributed by atoms with Crippen LogP contribution < -0.4 is 10.6 Å². The molecule has 2 aliphatic rings. The highest BCUT2D eigenvalue weighted by atomic mass is 19.4. The molecule has 4 rings (SSSR count). The third kappa shape index (κ3) is 3.87. The largest absolute Gasteiger partial charge is 0.416 e. The number of benzene rings is 1. The van der Waals surface area contributed by atoms with Gasteiger partial charge in [0.1, 0.15) is 17.9 Å². The van der Waals surface area contributed by atoms with Crippen molar-refractivity contribution < 1.29 is 27.6 Å². The van der Waals surface area contributed by atoms with E-state index < -0.39 is 41.7 Å². The van der Waals surface area contributed by atoms with Gasteiger partial charge in [-0.05, 0) is 50.8 Å². The predicted octanol–water partition coefficient (Wildman–Crippen LogP) is 2.86. The number of carbonyl (C=O) groups is 3. The Morgan fingerprint density at radius 2 is 2.00 bits per heavy atom. The van der Waals surface area contributed by atoms with Crippen LogP contribution in [0.2, 0.25) is 0 Å². The average Bonchev–Trinajstić information content (AvgIpc) is 3.45. The fourth-order valence-corrected chi connectivity index (χ4v) is 3.72. The van der Waals surface area contributed by atoms with E-state index in [2.05, 4.69) is 15.7 Å². The normalized spacial score (nSPS) is 21.4. The first-order valence-electron chi connectivity index (χ1n) is 9.67. The number of urea groups is 1. The van der Waals surface area contributed by atoms with E-state index in [4.69, 9.17) is 0 Å². The van der Waals surface area contributed by atoms with E-state index in [1.807, 2.05) is 0 Å². The maximum atomic E-state index is 13.0. The Bertz CT molecular complexity index is 1080. The Kier molecular flexibility index (Phi) is 4.78. The van der Waals surface area contributed by atoms with Crippen LogP contribution in [0, 0.1) is 12.8 Å². The number of hydrogen-bond donors (Lipinski definition) is 2. The Balaban J connectivity index is 1.53. The summed E-state index contributed by atoms with van der Waals surface area (Å²) in [6.45, 7) is 2.76. The number of halogens is 3. The van der Waals surface area contributed by atoms with Gasteiger partial charge >= 0.3 is 12.2 Å². The number of hydrogen-bond acceptors (Lipinski definition) is 4. The summed E-state index contributed by atoms with van der Waals surface area (Å²) in [5.41, 5.74) is -1.29. The topological polar surface area (TPSA) is 96.3 Å². The number of anilines is 1. The molecule has 0 spiro atoms. The number of alkyl halides is 3. The summed E-state index contributed by atoms with van der Waals surface area (Å²) >= 11 is 0. The smallest absolute Gasteiger partial charge is 0.323 e. The summed E-state index contributed by atoms with van der Waals surface area (Å²) in [5, 5.41) is 9.34. The number of nitrogens with zero attached hydrogens (tertiary/aromatic N) is 3. The zero-order chi connectivity index (χ0) is 22.6. The van der Waals surface area contributed by atoms with E-state index in [9.17, 15) is 27.6 Å². The van der Waals surface area contributed by atoms with Gasteiger partial charge in [0.15, 0.2) is 0 Å². The van der Waals surface area contributed by atoms with Crippen molar-refractivity contribution in [2.45, 2.75) is 38.4 Å². The second kappa shape index (κ2) is 7.10. The van der Waals surface area contributed by atoms with Crippen molar-refractivity contribution in [3.8, 4) is 5.69 Å². The van der Waals surface area contributed by atoms with E-state index in [1.54, 1.807) is 13.8 Å². The first-order chi connectivity index (χ1) is 14.5. The lowest BCUT2D eigenvalue weighted by Gasteiger charge is -2.20. The van der Waals surface area contributed by atoms with E-state index in [1.165, 1.54) is 22.9 Å². The summed E-state index contributed by atoms with van der Waals surface area (Å²) in [4.78, 5) is 38.3. The van der Waals surface area contributed by atoms with Gasteiger partial charge < -0.3 is 10.6 Å². The average molecular weight is 435 g/mol. The number of imide groups is 1. The molecule has 1 atom stereocenters. The Labute approximate surface area is 175 Å². The van der Waals surface area contributed by atoms with Crippen LogP contribution in [0.3, 0.4) is 0 Å². The highest BCUT2D eigenvalue weighted by Crippen LogP contribution is 2.42. The second-order valence-corrected chi connectivity index (χ2v) is 7.98. The fraction of sp³-hybridized carbons (Fsp3) is 0.400. The molecule has 31 heavy (non-hydrogen) atoms. The Morgan fingerprint density at radius 3 is 2.65 bits per heavy atom. The van der Waals surface area contributed by atoms with Gasteiger partial charge in [0, 0.05) is 6.07 Å². The van der Waals surface area contributed by atoms with Gasteiger partial charge in [-0.1, -0.05) is 6.07 Å². The summed E-state index contributed by atoms with van der Waals surface area (Å²) in [7, 11) is 0. The van der Waals surface area contributed by atoms with E-state index in [0.717, 1.165) is 29.9 Å². The van der Waals surface area contributed by atoms with Crippen molar-refractivity contribution in [3.63, 3.8) is 0 Å². The summed E-state index contributed by atoms with van der Waals surface area (Å²) in [5.74, 6) is -0.949. The van der Waals surface area contributed by atoms with Crippen LogP contribution in [0.15, 0.2) is 30.3 Å². The number of carbonyl (C=O) groups excluding carboxylic acids is 3. The molecule has 1 unspecified atom stereocenters. The molecule has 2 fully saturated rings. The molecular weight excluding hydrogens is 415 g/mol. The van der Waals surface area contributed by atoms with Crippen LogP contribution in [0.4, 0.5) is 23.8 Å². The van der Waals surface area contributed by atoms with Crippen LogP contribution in [-0.4, -0.2) is 44.6 Å². The standard InChI is InChI=1S/C20H20F3N5O3/c1-11-8-15(28(26-11)14-5-3-4-13(9-14)20(21,22)23)24-16(29)10-27-17(30)19(2,12-6-7-12)25-18(27)31/h3-5,8-9,12H,6-7,10H2,1-2H3,(H,24,29)(H,25,31). The van der Waals surface area contributed by atoms with Crippen molar-refractivity contribution in [3.05, 3.63) is 41.6 Å². The molecule has 1 saturated carbocycles. The zero-order valence-corrected chi connectivity index (χ0v) is 16.8. The van der Waals surface area contributed by atoms with Crippen LogP contribution >= 0.6 is 0 Å². The minimum absolute atomic E-state index is 0.0574. The highest BCUT2D eigenvalue weighted by molar-refractivity contribution is 6.10. The van der Waals surface area contributed by atoms with E-state index in [0.29, 0.717) is 5.69 Å². The van der Waals surface area contributed by atoms with Crippen molar-refractivity contribution in [2.24, 2.45) is 5.92 Å². The number of aromatic nitrogens is 2. The monoisotopic (exact) mass is 435 g/mol. The molecule has 8 nitrogen and oxygen atoms in total. The molecule has 164 valence electrons. The van der Waals surface area contributed by atoms with E-state index >= 15 is 0 Å². The quantitative estimate of drug-likeness (QED) is 0.706. The lowest BCUT2D eigenvalue weighted by molar-refractivity contribution is -0.137. The number of amides is 4. The first kappa shape index (κ1) is 20.9. The molecule has 2 N–H and O–H groups in total. The van der Waals surface area contributed by atoms with Gasteiger partial charge in [0.2, 0.25) is 5.91 Å². The van der Waals surface area contributed by atoms with Gasteiger partial charge in [-0.25, -0.2) is 9.48 Å². The zero-order valence-electron chi connectivity index (χ0n) is 16.8. The number of aryl methyl sites for hydroxylation is 1. The van der Waals surface area contributed by atoms with Crippen molar-refractivity contribution in [2.75, 3.05) is 11.9 Å². The van der Waals surface area contributed by atoms with Crippen molar-refractivity contribution in [1.82, 2.24) is 20.0 Å². The number of nitrogens with one attached hydrogen (secondary N) is 2. The van der Waals surface area contributed by atoms with Gasteiger partial charge in [-0.3, -0.25) is 14.5 Å². The van der Waals surface area contributed by atoms with Crippen LogP contribution in [-0.2, 0) is 15.8 Å². The Hall–Kier alpha value is -3.37. The molecule has 11 heteroatoms. The summed E-state index contributed by atoms with van der Waals surface area (Å²) in [6.07, 6.45) is -2.87. The predicted molar refractivity (Wildman–Crippen MR) is 103 cm³/mol. The van der Waals surface area contributed by atoms with Gasteiger partial charge in [0.25, 0.3) is 5.91 Å². The molecular formula is C20H20F3N5O3. The fourth-order valence-electron chi connectivity index (χ4n) is 3.72. The van der Waals surface area contributed by atoms with Crippen LogP contribution in [0.25, 0.3) is 5.69 Å². The minimum Gasteiger partial charge on any atom is -0.323 e. The van der Waals surface area contributed by atoms with Gasteiger partial charge in [-0.2, -0.15) is 18.3 Å². The first-order valence-corrected chi connectivity index (χ1v) is 9.67. The molecule has 1 saturated heterocycles. The lowest BCUT2D eigenvalue weighted by atomic mass is 9.96. The molecule has 1 aromatic heterocycles. The van der Waals surface area contributed by atoms with Gasteiger partial charge in [0.05, 0.1) is 16.9 Å². The maximum absolute atomic E-state index is 13.0. The molecule has 1 aromatic carbocycles. The maximum Gasteiger partial charge on any atom is 0.416 e. The number of rotatable bonds is 5. The Morgan fingerprint density at radius 1 is 1.29 bits per heavy atom. The molecule has 2 aromatic rings. The van der Waals surface area contributed by atoms with Crippen molar-refractivity contribution in [1.29, 1.82) is 0 Å². The van der Waals surface area contributed by atoms with Crippen LogP contribution in [0.1, 0.15) is 31.0 Å². The van der Waals surface area contributed by atoms with Gasteiger partial charge in [-0.15, -0.1) is 0 Å². The summed E-state index contributed by atoms with van der Waals surface area (Å²) < 4.78 is 40.3. The molecule has 4 amide bonds. The molecule has 1 aliphatic carbocycles. The second-order valence-electron chi connectivity index (χ2n) is 7.98. The van der Waals surface area contributed by atoms with Crippen molar-refractivity contribution >= 4 is 23.7 Å². The minimum atomic E-state index is -4.53. The third-order valence-corrected chi connectivity index (χ3v) is 5.51. The molecule has 2 heterocycles.